The zero-order valence-electron chi connectivity index (χ0n) is 56.5. The fraction of sp³-hybridized carbons (Fsp3) is 0.932. The molecule has 0 spiro atoms. The third kappa shape index (κ3) is 19.0. The number of hydrogen-bond donors (Lipinski definition) is 25. The Balaban J connectivity index is 1.04. The van der Waals surface area contributed by atoms with Gasteiger partial charge in [-0.2, -0.15) is 0 Å². The summed E-state index contributed by atoms with van der Waals surface area (Å²) >= 11 is 0. The van der Waals surface area contributed by atoms with Crippen LogP contribution in [0.15, 0.2) is 0 Å². The van der Waals surface area contributed by atoms with E-state index in [1.807, 2.05) is 0 Å². The van der Waals surface area contributed by atoms with Crippen LogP contribution < -0.4 is 16.0 Å². The third-order valence-corrected chi connectivity index (χ3v) is 19.3. The van der Waals surface area contributed by atoms with Gasteiger partial charge < -0.3 is 204 Å². The highest BCUT2D eigenvalue weighted by Crippen LogP contribution is 2.41. The van der Waals surface area contributed by atoms with Crippen LogP contribution >= 0.6 is 0 Å². The SMILES string of the molecule is CC(=O)NC1C(O)[C@H](O[C@@H]2OC(CO[C@]3(OC=O)CC(O)[C@@H](C)C([C@H](O)[C@H](O)CO)O3)[C@H](O)[C@H](O)C2O)C(CO)O[C@H]1OC1[C@@H](OCC2O[C@@H](O[C@@H]3C(CO)O[C@@H](O[C@@H]4C(CO)O[C@@H](C)C(NC(C)=O)[C@H]4O)C(NC(C)=O)[C@H]3O)C(O)[C@@H](OC3O[C@H](CO)[C@@H](O)C(O)C3O)[C@@H]2O)OC(CO)[C@@H](O)[C@@H]1O. The van der Waals surface area contributed by atoms with Gasteiger partial charge in [-0.3, -0.25) is 19.2 Å². The molecule has 8 fully saturated rings. The molecule has 0 aromatic rings. The van der Waals surface area contributed by atoms with Gasteiger partial charge >= 0.3 is 5.97 Å². The maximum atomic E-state index is 12.9. The van der Waals surface area contributed by atoms with Gasteiger partial charge in [-0.1, -0.05) is 6.92 Å². The van der Waals surface area contributed by atoms with Gasteiger partial charge in [0.15, 0.2) is 37.7 Å². The Morgan fingerprint density at radius 1 is 0.433 bits per heavy atom. The van der Waals surface area contributed by atoms with Crippen molar-refractivity contribution in [2.75, 3.05) is 52.9 Å². The molecule has 8 saturated heterocycles. The molecule has 18 unspecified atom stereocenters. The van der Waals surface area contributed by atoms with E-state index in [2.05, 4.69) is 16.0 Å². The van der Waals surface area contributed by atoms with Crippen LogP contribution in [0.1, 0.15) is 41.0 Å². The molecule has 0 bridgehead atoms. The molecule has 0 saturated carbocycles. The van der Waals surface area contributed by atoms with Gasteiger partial charge in [0, 0.05) is 26.7 Å². The van der Waals surface area contributed by atoms with Crippen LogP contribution in [0.4, 0.5) is 0 Å². The number of aliphatic hydroxyl groups excluding tert-OH is 22. The number of nitrogens with one attached hydrogen (secondary N) is 3. The van der Waals surface area contributed by atoms with E-state index in [0.29, 0.717) is 0 Å². The summed E-state index contributed by atoms with van der Waals surface area (Å²) in [6.45, 7) is -2.38. The standard InChI is InChI=1S/C59H99N3O42/c1-16-21(73)6-59(91-15-69,104-47(16)33(75)22(74)7-63)90-14-29-36(78)42(84)45(87)56(98-29)100-49-26(11-67)96-54(32(40(49)82)62-20(5)72)103-52-43(85)35(77)24(9-65)94-58(52)89-13-28-37(79)51(102-55-44(86)41(83)34(76)23(8-64)93-55)46(88)57(97-28)101-50-27(12-68)95-53(31(39(50)81)61-19(4)71)99-48-25(10-66)92-17(2)30(38(48)80)60-18(3)70/h15-17,21-58,63-68,73-88H,6-14H2,1-5H3,(H,60,70)(H,61,71)(H,62,72)/t16-,17+,21?,22-,23-,24?,25?,26?,27?,28?,29?,30?,31?,32?,33-,34-,35-,36+,37-,38-,39-,40?,41?,42+,43+,44?,45?,46?,47?,48-,49-,50-,51+,52?,53+,54+,55?,56+,57+,58+,59+/m1/s1. The number of carbonyl (C=O) groups is 4. The molecule has 602 valence electrons. The second-order valence-corrected chi connectivity index (χ2v) is 26.6. The normalized spacial score (nSPS) is 47.9. The molecule has 0 aromatic heterocycles. The summed E-state index contributed by atoms with van der Waals surface area (Å²) in [6.07, 6.45) is -71.2. The molecule has 8 aliphatic heterocycles. The summed E-state index contributed by atoms with van der Waals surface area (Å²) in [5, 5.41) is 250. The highest BCUT2D eigenvalue weighted by atomic mass is 16.9. The molecule has 104 heavy (non-hydrogen) atoms. The van der Waals surface area contributed by atoms with E-state index in [1.165, 1.54) is 13.8 Å². The first-order valence-electron chi connectivity index (χ1n) is 33.4. The van der Waals surface area contributed by atoms with Crippen molar-refractivity contribution >= 4 is 24.2 Å². The molecule has 3 amide bonds. The zero-order chi connectivity index (χ0) is 76.8. The average Bonchev–Trinajstić information content (AvgIpc) is 0.774. The Labute approximate surface area is 590 Å². The molecule has 8 aliphatic rings. The van der Waals surface area contributed by atoms with Gasteiger partial charge in [0.05, 0.1) is 83.6 Å². The summed E-state index contributed by atoms with van der Waals surface area (Å²) in [7, 11) is 0. The predicted octanol–water partition coefficient (Wildman–Crippen LogP) is -16.4. The summed E-state index contributed by atoms with van der Waals surface area (Å²) in [5.41, 5.74) is 0. The van der Waals surface area contributed by atoms with E-state index >= 15 is 0 Å². The Hall–Kier alpha value is -3.60. The van der Waals surface area contributed by atoms with Crippen LogP contribution in [0.5, 0.6) is 0 Å². The van der Waals surface area contributed by atoms with Crippen LogP contribution in [0.3, 0.4) is 0 Å². The second-order valence-electron chi connectivity index (χ2n) is 26.6. The quantitative estimate of drug-likeness (QED) is 0.0244. The molecule has 45 nitrogen and oxygen atoms in total. The lowest BCUT2D eigenvalue weighted by Crippen LogP contribution is -2.70. The van der Waals surface area contributed by atoms with Crippen molar-refractivity contribution in [2.45, 2.75) is 286 Å². The first-order chi connectivity index (χ1) is 49.1. The molecular formula is C59H99N3O42. The fourth-order valence-electron chi connectivity index (χ4n) is 13.5. The Kier molecular flexibility index (Phi) is 30.9. The van der Waals surface area contributed by atoms with Crippen molar-refractivity contribution < 1.29 is 207 Å². The number of rotatable bonds is 29. The molecule has 25 N–H and O–H groups in total. The van der Waals surface area contributed by atoms with E-state index in [9.17, 15) is 132 Å². The second kappa shape index (κ2) is 37.4. The van der Waals surface area contributed by atoms with E-state index in [0.717, 1.165) is 20.8 Å². The molecule has 41 atom stereocenters. The van der Waals surface area contributed by atoms with Gasteiger partial charge in [-0.05, 0) is 6.92 Å². The van der Waals surface area contributed by atoms with E-state index in [-0.39, 0.29) is 6.47 Å². The average molecular weight is 1520 g/mol. The number of hydrogen-bond acceptors (Lipinski definition) is 42. The summed E-state index contributed by atoms with van der Waals surface area (Å²) < 4.78 is 93.7. The molecule has 8 rings (SSSR count). The molecule has 0 aliphatic carbocycles. The highest BCUT2D eigenvalue weighted by molar-refractivity contribution is 5.74. The molecule has 45 heteroatoms. The summed E-state index contributed by atoms with van der Waals surface area (Å²) in [5.74, 6) is -6.01. The summed E-state index contributed by atoms with van der Waals surface area (Å²) in [6, 6.07) is -4.87. The van der Waals surface area contributed by atoms with Crippen molar-refractivity contribution in [1.82, 2.24) is 16.0 Å². The number of carbonyl (C=O) groups excluding carboxylic acids is 4. The lowest BCUT2D eigenvalue weighted by molar-refractivity contribution is -0.424. The monoisotopic (exact) mass is 1520 g/mol. The number of aliphatic hydroxyl groups is 22. The minimum Gasteiger partial charge on any atom is -0.410 e. The number of ether oxygens (including phenoxy) is 16. The van der Waals surface area contributed by atoms with E-state index in [1.54, 1.807) is 0 Å². The topological polar surface area (TPSA) is 697 Å². The van der Waals surface area contributed by atoms with Crippen molar-refractivity contribution in [3.8, 4) is 0 Å². The van der Waals surface area contributed by atoms with E-state index < -0.39 is 328 Å². The van der Waals surface area contributed by atoms with E-state index in [4.69, 9.17) is 75.8 Å². The molecular weight excluding hydrogens is 1420 g/mol. The van der Waals surface area contributed by atoms with Crippen LogP contribution in [0, 0.1) is 5.92 Å². The zero-order valence-corrected chi connectivity index (χ0v) is 56.5. The van der Waals surface area contributed by atoms with Gasteiger partial charge in [0.2, 0.25) is 17.7 Å². The largest absolute Gasteiger partial charge is 0.410 e. The molecule has 0 aromatic carbocycles. The molecule has 0 radical (unpaired) electrons. The predicted molar refractivity (Wildman–Crippen MR) is 323 cm³/mol. The number of amides is 3. The maximum absolute atomic E-state index is 12.9. The molecule has 8 heterocycles. The minimum absolute atomic E-state index is 0.171. The lowest BCUT2D eigenvalue weighted by atomic mass is 9.87. The van der Waals surface area contributed by atoms with Crippen LogP contribution in [-0.4, -0.2) is 434 Å². The fourth-order valence-corrected chi connectivity index (χ4v) is 13.5. The third-order valence-electron chi connectivity index (χ3n) is 19.3. The minimum atomic E-state index is -2.62. The first kappa shape index (κ1) is 86.0. The van der Waals surface area contributed by atoms with Gasteiger partial charge in [-0.15, -0.1) is 0 Å². The van der Waals surface area contributed by atoms with Crippen LogP contribution in [0.25, 0.3) is 0 Å². The van der Waals surface area contributed by atoms with Crippen molar-refractivity contribution in [1.29, 1.82) is 0 Å². The van der Waals surface area contributed by atoms with Gasteiger partial charge in [0.25, 0.3) is 6.47 Å². The highest BCUT2D eigenvalue weighted by Gasteiger charge is 2.60. The maximum Gasteiger partial charge on any atom is 0.332 e. The smallest absolute Gasteiger partial charge is 0.332 e. The summed E-state index contributed by atoms with van der Waals surface area (Å²) in [4.78, 5) is 49.7. The van der Waals surface area contributed by atoms with Crippen molar-refractivity contribution in [3.05, 3.63) is 0 Å². The lowest BCUT2D eigenvalue weighted by Gasteiger charge is -2.50. The first-order valence-corrected chi connectivity index (χ1v) is 33.4. The van der Waals surface area contributed by atoms with Gasteiger partial charge in [0.1, 0.15) is 177 Å². The van der Waals surface area contributed by atoms with Crippen molar-refractivity contribution in [3.63, 3.8) is 0 Å². The van der Waals surface area contributed by atoms with Crippen molar-refractivity contribution in [2.24, 2.45) is 5.92 Å². The van der Waals surface area contributed by atoms with Gasteiger partial charge in [-0.25, -0.2) is 0 Å². The van der Waals surface area contributed by atoms with Crippen LogP contribution in [-0.2, 0) is 95.0 Å². The Bertz CT molecular complexity index is 2710. The van der Waals surface area contributed by atoms with Crippen LogP contribution in [0.2, 0.25) is 0 Å². The Morgan fingerprint density at radius 3 is 1.29 bits per heavy atom. The Morgan fingerprint density at radius 2 is 0.817 bits per heavy atom.